The number of benzene rings is 1. The Balaban J connectivity index is 1.52. The summed E-state index contributed by atoms with van der Waals surface area (Å²) < 4.78 is 0. The number of piperazine rings is 1. The molecule has 5 nitrogen and oxygen atoms in total. The number of hydrogen-bond donors (Lipinski definition) is 0. The van der Waals surface area contributed by atoms with Crippen LogP contribution in [0.3, 0.4) is 0 Å². The number of hydrogen-bond acceptors (Lipinski definition) is 4. The van der Waals surface area contributed by atoms with E-state index < -0.39 is 0 Å². The van der Waals surface area contributed by atoms with Gasteiger partial charge in [0.05, 0.1) is 5.69 Å². The highest BCUT2D eigenvalue weighted by atomic mass is 16.2. The Morgan fingerprint density at radius 3 is 2.54 bits per heavy atom. The molecule has 0 bridgehead atoms. The lowest BCUT2D eigenvalue weighted by molar-refractivity contribution is 0.0595. The largest absolute Gasteiger partial charge is 0.377 e. The van der Waals surface area contributed by atoms with E-state index >= 15 is 0 Å². The zero-order chi connectivity index (χ0) is 18.3. The standard InChI is InChI=1S/C21H28N4O/c1-15(2)24-9-11-25(12-10-24)21(26)16-6-7-17-18(14-22-19(17)13-16)20-5-4-8-23(20)3/h6-7,13-15H,4-5,8-12H2,1-3H3/b20-18+. The number of allylic oxidation sites excluding steroid dienone is 2. The van der Waals surface area contributed by atoms with Crippen molar-refractivity contribution < 1.29 is 4.79 Å². The minimum absolute atomic E-state index is 0.130. The molecule has 2 saturated heterocycles. The van der Waals surface area contributed by atoms with Gasteiger partial charge >= 0.3 is 0 Å². The van der Waals surface area contributed by atoms with Gasteiger partial charge in [-0.2, -0.15) is 0 Å². The summed E-state index contributed by atoms with van der Waals surface area (Å²) in [6.07, 6.45) is 4.28. The Labute approximate surface area is 156 Å². The third-order valence-corrected chi connectivity index (χ3v) is 5.88. The number of fused-ring (bicyclic) bond motifs is 1. The molecule has 0 aromatic heterocycles. The number of amides is 1. The van der Waals surface area contributed by atoms with Gasteiger partial charge in [-0.25, -0.2) is 0 Å². The lowest BCUT2D eigenvalue weighted by atomic mass is 10.0. The third-order valence-electron chi connectivity index (χ3n) is 5.88. The molecule has 0 N–H and O–H groups in total. The Morgan fingerprint density at radius 1 is 1.12 bits per heavy atom. The van der Waals surface area contributed by atoms with E-state index in [-0.39, 0.29) is 5.91 Å². The number of likely N-dealkylation sites (tertiary alicyclic amines) is 1. The molecule has 138 valence electrons. The quantitative estimate of drug-likeness (QED) is 0.821. The predicted molar refractivity (Wildman–Crippen MR) is 106 cm³/mol. The SMILES string of the molecule is CC(C)N1CCN(C(=O)c2ccc3c(c2)N=C/C3=C2/CCCN2C)CC1. The van der Waals surface area contributed by atoms with Crippen LogP contribution < -0.4 is 0 Å². The minimum Gasteiger partial charge on any atom is -0.377 e. The first kappa shape index (κ1) is 17.3. The molecule has 3 aliphatic heterocycles. The van der Waals surface area contributed by atoms with E-state index in [1.54, 1.807) is 0 Å². The highest BCUT2D eigenvalue weighted by Crippen LogP contribution is 2.37. The molecule has 1 amide bonds. The van der Waals surface area contributed by atoms with Crippen molar-refractivity contribution in [2.24, 2.45) is 4.99 Å². The normalized spacial score (nSPS) is 23.2. The van der Waals surface area contributed by atoms with Crippen LogP contribution in [-0.2, 0) is 0 Å². The van der Waals surface area contributed by atoms with Gasteiger partial charge < -0.3 is 9.80 Å². The molecule has 4 rings (SSSR count). The van der Waals surface area contributed by atoms with Crippen LogP contribution in [0.5, 0.6) is 0 Å². The van der Waals surface area contributed by atoms with E-state index in [2.05, 4.69) is 41.8 Å². The van der Waals surface area contributed by atoms with Crippen LogP contribution in [0.4, 0.5) is 5.69 Å². The zero-order valence-electron chi connectivity index (χ0n) is 16.0. The first-order chi connectivity index (χ1) is 12.5. The molecule has 26 heavy (non-hydrogen) atoms. The van der Waals surface area contributed by atoms with Gasteiger partial charge in [-0.15, -0.1) is 0 Å². The molecule has 2 fully saturated rings. The number of rotatable bonds is 2. The second kappa shape index (κ2) is 6.88. The maximum absolute atomic E-state index is 12.9. The first-order valence-electron chi connectivity index (χ1n) is 9.70. The second-order valence-electron chi connectivity index (χ2n) is 7.80. The van der Waals surface area contributed by atoms with E-state index in [0.717, 1.165) is 56.0 Å². The third kappa shape index (κ3) is 3.05. The molecule has 3 heterocycles. The number of carbonyl (C=O) groups is 1. The van der Waals surface area contributed by atoms with Crippen LogP contribution in [0.1, 0.15) is 42.6 Å². The van der Waals surface area contributed by atoms with Gasteiger partial charge in [0, 0.05) is 74.4 Å². The van der Waals surface area contributed by atoms with Crippen LogP contribution >= 0.6 is 0 Å². The summed E-state index contributed by atoms with van der Waals surface area (Å²) in [6, 6.07) is 6.56. The smallest absolute Gasteiger partial charge is 0.254 e. The van der Waals surface area contributed by atoms with Crippen LogP contribution in [0.2, 0.25) is 0 Å². The summed E-state index contributed by atoms with van der Waals surface area (Å²) >= 11 is 0. The monoisotopic (exact) mass is 352 g/mol. The van der Waals surface area contributed by atoms with Crippen molar-refractivity contribution in [3.05, 3.63) is 35.0 Å². The minimum atomic E-state index is 0.130. The van der Waals surface area contributed by atoms with Crippen molar-refractivity contribution in [1.29, 1.82) is 0 Å². The maximum atomic E-state index is 12.9. The van der Waals surface area contributed by atoms with E-state index in [4.69, 9.17) is 0 Å². The summed E-state index contributed by atoms with van der Waals surface area (Å²) in [5.74, 6) is 0.130. The molecule has 5 heteroatoms. The van der Waals surface area contributed by atoms with Gasteiger partial charge in [0.2, 0.25) is 0 Å². The molecule has 0 atom stereocenters. The van der Waals surface area contributed by atoms with E-state index in [1.807, 2.05) is 23.2 Å². The molecular formula is C21H28N4O. The molecule has 3 aliphatic rings. The highest BCUT2D eigenvalue weighted by Gasteiger charge is 2.26. The number of nitrogens with zero attached hydrogens (tertiary/aromatic N) is 4. The van der Waals surface area contributed by atoms with E-state index in [0.29, 0.717) is 6.04 Å². The average Bonchev–Trinajstić information content (AvgIpc) is 3.26. The fraction of sp³-hybridized carbons (Fsp3) is 0.524. The Morgan fingerprint density at radius 2 is 1.88 bits per heavy atom. The molecule has 1 aromatic carbocycles. The topological polar surface area (TPSA) is 39.1 Å². The fourth-order valence-electron chi connectivity index (χ4n) is 4.21. The van der Waals surface area contributed by atoms with Crippen LogP contribution in [0.15, 0.2) is 28.9 Å². The van der Waals surface area contributed by atoms with Crippen molar-refractivity contribution in [2.45, 2.75) is 32.7 Å². The lowest BCUT2D eigenvalue weighted by Gasteiger charge is -2.37. The van der Waals surface area contributed by atoms with Gasteiger partial charge in [-0.1, -0.05) is 6.07 Å². The summed E-state index contributed by atoms with van der Waals surface area (Å²) in [5.41, 5.74) is 5.44. The number of aliphatic imine (C=N–C) groups is 1. The van der Waals surface area contributed by atoms with Gasteiger partial charge in [-0.3, -0.25) is 14.7 Å². The van der Waals surface area contributed by atoms with Gasteiger partial charge in [0.25, 0.3) is 5.91 Å². The van der Waals surface area contributed by atoms with Gasteiger partial charge in [-0.05, 0) is 38.8 Å². The summed E-state index contributed by atoms with van der Waals surface area (Å²) in [4.78, 5) is 24.2. The molecular weight excluding hydrogens is 324 g/mol. The summed E-state index contributed by atoms with van der Waals surface area (Å²) in [6.45, 7) is 9.05. The summed E-state index contributed by atoms with van der Waals surface area (Å²) in [5, 5.41) is 0. The molecule has 0 saturated carbocycles. The molecule has 1 aromatic rings. The van der Waals surface area contributed by atoms with Crippen molar-refractivity contribution in [1.82, 2.24) is 14.7 Å². The van der Waals surface area contributed by atoms with Crippen LogP contribution in [-0.4, -0.2) is 72.6 Å². The molecule has 0 spiro atoms. The van der Waals surface area contributed by atoms with E-state index in [1.165, 1.54) is 17.7 Å². The van der Waals surface area contributed by atoms with Crippen molar-refractivity contribution in [3.63, 3.8) is 0 Å². The zero-order valence-corrected chi connectivity index (χ0v) is 16.0. The second-order valence-corrected chi connectivity index (χ2v) is 7.80. The molecule has 0 unspecified atom stereocenters. The Bertz CT molecular complexity index is 772. The van der Waals surface area contributed by atoms with Crippen LogP contribution in [0.25, 0.3) is 5.57 Å². The molecule has 0 aliphatic carbocycles. The van der Waals surface area contributed by atoms with E-state index in [9.17, 15) is 4.79 Å². The summed E-state index contributed by atoms with van der Waals surface area (Å²) in [7, 11) is 2.15. The fourth-order valence-corrected chi connectivity index (χ4v) is 4.21. The highest BCUT2D eigenvalue weighted by molar-refractivity contribution is 6.17. The van der Waals surface area contributed by atoms with Crippen molar-refractivity contribution in [2.75, 3.05) is 39.8 Å². The van der Waals surface area contributed by atoms with Crippen molar-refractivity contribution in [3.8, 4) is 0 Å². The Hall–Kier alpha value is -2.14. The van der Waals surface area contributed by atoms with Gasteiger partial charge in [0.15, 0.2) is 0 Å². The molecule has 0 radical (unpaired) electrons. The maximum Gasteiger partial charge on any atom is 0.254 e. The van der Waals surface area contributed by atoms with Crippen LogP contribution in [0, 0.1) is 0 Å². The Kier molecular flexibility index (Phi) is 4.57. The van der Waals surface area contributed by atoms with Gasteiger partial charge in [0.1, 0.15) is 0 Å². The lowest BCUT2D eigenvalue weighted by Crippen LogP contribution is -2.50. The average molecular weight is 352 g/mol. The first-order valence-corrected chi connectivity index (χ1v) is 9.70. The predicted octanol–water partition coefficient (Wildman–Crippen LogP) is 3.01. The van der Waals surface area contributed by atoms with Crippen molar-refractivity contribution >= 4 is 23.4 Å². The number of carbonyl (C=O) groups excluding carboxylic acids is 1.